The van der Waals surface area contributed by atoms with Gasteiger partial charge in [0.2, 0.25) is 15.9 Å². The fraction of sp³-hybridized carbons (Fsp3) is 0.478. The lowest BCUT2D eigenvalue weighted by Crippen LogP contribution is -2.38. The van der Waals surface area contributed by atoms with Gasteiger partial charge in [-0.3, -0.25) is 4.79 Å². The number of rotatable bonds is 5. The second kappa shape index (κ2) is 9.77. The van der Waals surface area contributed by atoms with Crippen LogP contribution >= 0.6 is 11.6 Å². The van der Waals surface area contributed by atoms with Crippen LogP contribution in [0.2, 0.25) is 5.02 Å². The Morgan fingerprint density at radius 2 is 1.78 bits per heavy atom. The molecule has 1 N–H and O–H groups in total. The molecular weight excluding hydrogens is 448 g/mol. The quantitative estimate of drug-likeness (QED) is 0.703. The minimum Gasteiger partial charge on any atom is -0.357 e. The topological polar surface area (TPSA) is 82.6 Å². The van der Waals surface area contributed by atoms with Gasteiger partial charge in [-0.05, 0) is 62.4 Å². The van der Waals surface area contributed by atoms with Gasteiger partial charge in [-0.25, -0.2) is 13.4 Å². The molecule has 2 aliphatic heterocycles. The molecule has 0 bridgehead atoms. The van der Waals surface area contributed by atoms with E-state index in [1.165, 1.54) is 0 Å². The smallest absolute Gasteiger partial charge is 0.243 e. The van der Waals surface area contributed by atoms with E-state index in [4.69, 9.17) is 11.6 Å². The molecule has 1 aromatic carbocycles. The van der Waals surface area contributed by atoms with Gasteiger partial charge in [0.1, 0.15) is 5.82 Å². The lowest BCUT2D eigenvalue weighted by atomic mass is 9.95. The second-order valence-electron chi connectivity index (χ2n) is 8.53. The molecule has 2 aromatic rings. The van der Waals surface area contributed by atoms with Gasteiger partial charge in [0.15, 0.2) is 0 Å². The van der Waals surface area contributed by atoms with Crippen molar-refractivity contribution in [3.8, 4) is 0 Å². The van der Waals surface area contributed by atoms with Crippen molar-refractivity contribution in [1.29, 1.82) is 0 Å². The van der Waals surface area contributed by atoms with Crippen molar-refractivity contribution in [3.63, 3.8) is 0 Å². The van der Waals surface area contributed by atoms with Gasteiger partial charge in [0, 0.05) is 44.0 Å². The Hall–Kier alpha value is -2.16. The maximum atomic E-state index is 13.1. The largest absolute Gasteiger partial charge is 0.357 e. The normalized spacial score (nSPS) is 18.5. The predicted octanol–water partition coefficient (Wildman–Crippen LogP) is 4.07. The van der Waals surface area contributed by atoms with Crippen LogP contribution in [0, 0.1) is 12.8 Å². The molecule has 0 spiro atoms. The average molecular weight is 477 g/mol. The van der Waals surface area contributed by atoms with Gasteiger partial charge < -0.3 is 10.2 Å². The van der Waals surface area contributed by atoms with Gasteiger partial charge in [0.25, 0.3) is 0 Å². The fourth-order valence-corrected chi connectivity index (χ4v) is 6.25. The summed E-state index contributed by atoms with van der Waals surface area (Å²) in [4.78, 5) is 19.7. The highest BCUT2D eigenvalue weighted by atomic mass is 35.5. The van der Waals surface area contributed by atoms with Gasteiger partial charge >= 0.3 is 0 Å². The second-order valence-corrected chi connectivity index (χ2v) is 10.9. The van der Waals surface area contributed by atoms with Crippen LogP contribution in [0.25, 0.3) is 0 Å². The van der Waals surface area contributed by atoms with Gasteiger partial charge in [-0.2, -0.15) is 4.31 Å². The summed E-state index contributed by atoms with van der Waals surface area (Å²) in [5.74, 6) is 0.667. The number of carbonyl (C=O) groups is 1. The number of anilines is 2. The molecule has 7 nitrogen and oxygen atoms in total. The highest BCUT2D eigenvalue weighted by molar-refractivity contribution is 7.89. The maximum Gasteiger partial charge on any atom is 0.243 e. The molecule has 0 atom stereocenters. The van der Waals surface area contributed by atoms with E-state index in [1.807, 2.05) is 12.1 Å². The van der Waals surface area contributed by atoms with Crippen molar-refractivity contribution in [1.82, 2.24) is 9.29 Å². The number of benzene rings is 1. The summed E-state index contributed by atoms with van der Waals surface area (Å²) in [5.41, 5.74) is 1.22. The Balaban J connectivity index is 1.40. The van der Waals surface area contributed by atoms with E-state index in [2.05, 4.69) is 15.2 Å². The summed E-state index contributed by atoms with van der Waals surface area (Å²) in [6, 6.07) is 8.84. The lowest BCUT2D eigenvalue weighted by molar-refractivity contribution is -0.120. The van der Waals surface area contributed by atoms with E-state index in [0.29, 0.717) is 42.2 Å². The molecule has 2 aliphatic rings. The average Bonchev–Trinajstić information content (AvgIpc) is 2.81. The molecule has 0 aliphatic carbocycles. The molecule has 9 heteroatoms. The van der Waals surface area contributed by atoms with Crippen LogP contribution in [0.1, 0.15) is 37.7 Å². The van der Waals surface area contributed by atoms with Crippen LogP contribution in [0.4, 0.5) is 11.5 Å². The highest BCUT2D eigenvalue weighted by Gasteiger charge is 2.29. The molecule has 32 heavy (non-hydrogen) atoms. The van der Waals surface area contributed by atoms with Gasteiger partial charge in [0.05, 0.1) is 9.92 Å². The molecule has 4 rings (SSSR count). The summed E-state index contributed by atoms with van der Waals surface area (Å²) in [7, 11) is -3.56. The van der Waals surface area contributed by atoms with Crippen LogP contribution < -0.4 is 10.2 Å². The van der Waals surface area contributed by atoms with E-state index < -0.39 is 10.0 Å². The van der Waals surface area contributed by atoms with Crippen molar-refractivity contribution in [3.05, 3.63) is 47.1 Å². The molecule has 0 radical (unpaired) electrons. The third-order valence-electron chi connectivity index (χ3n) is 6.29. The molecule has 1 amide bonds. The summed E-state index contributed by atoms with van der Waals surface area (Å²) < 4.78 is 27.8. The van der Waals surface area contributed by atoms with Crippen molar-refractivity contribution in [2.24, 2.45) is 5.92 Å². The number of amides is 1. The number of pyridine rings is 1. The Morgan fingerprint density at radius 3 is 2.44 bits per heavy atom. The third kappa shape index (κ3) is 5.08. The Kier molecular flexibility index (Phi) is 7.02. The SMILES string of the molecule is Cc1ccc(NC(=O)C2CCN(c3ccc(Cl)cn3)CC2)cc1S(=O)(=O)N1CCCCC1. The van der Waals surface area contributed by atoms with Gasteiger partial charge in [-0.15, -0.1) is 0 Å². The molecule has 2 fully saturated rings. The van der Waals surface area contributed by atoms with E-state index in [9.17, 15) is 13.2 Å². The number of piperidine rings is 2. The fourth-order valence-electron chi connectivity index (χ4n) is 4.37. The minimum atomic E-state index is -3.56. The zero-order valence-electron chi connectivity index (χ0n) is 18.3. The van der Waals surface area contributed by atoms with Crippen LogP contribution in [-0.2, 0) is 14.8 Å². The Labute approximate surface area is 194 Å². The zero-order chi connectivity index (χ0) is 22.7. The molecule has 0 saturated carbocycles. The number of sulfonamides is 1. The Morgan fingerprint density at radius 1 is 1.06 bits per heavy atom. The Bertz CT molecular complexity index is 1060. The number of hydrogen-bond acceptors (Lipinski definition) is 5. The zero-order valence-corrected chi connectivity index (χ0v) is 19.8. The van der Waals surface area contributed by atoms with Gasteiger partial charge in [-0.1, -0.05) is 24.1 Å². The number of halogens is 1. The number of aryl methyl sites for hydroxylation is 1. The first-order chi connectivity index (χ1) is 15.3. The van der Waals surface area contributed by atoms with Crippen LogP contribution in [0.3, 0.4) is 0 Å². The molecule has 2 saturated heterocycles. The standard InChI is InChI=1S/C23H29ClN4O3S/c1-17-5-7-20(15-21(17)32(30,31)28-11-3-2-4-12-28)26-23(29)18-9-13-27(14-10-18)22-8-6-19(24)16-25-22/h5-8,15-16,18H,2-4,9-14H2,1H3,(H,26,29). The van der Waals surface area contributed by atoms with Crippen LogP contribution in [0.5, 0.6) is 0 Å². The highest BCUT2D eigenvalue weighted by Crippen LogP contribution is 2.28. The molecule has 3 heterocycles. The summed E-state index contributed by atoms with van der Waals surface area (Å²) in [6.45, 7) is 4.37. The monoisotopic (exact) mass is 476 g/mol. The number of nitrogens with zero attached hydrogens (tertiary/aromatic N) is 3. The lowest BCUT2D eigenvalue weighted by Gasteiger charge is -2.32. The molecular formula is C23H29ClN4O3S. The number of carbonyl (C=O) groups excluding carboxylic acids is 1. The number of hydrogen-bond donors (Lipinski definition) is 1. The molecule has 172 valence electrons. The number of nitrogens with one attached hydrogen (secondary N) is 1. The summed E-state index contributed by atoms with van der Waals surface area (Å²) in [5, 5.41) is 3.54. The van der Waals surface area contributed by atoms with E-state index >= 15 is 0 Å². The first kappa shape index (κ1) is 23.0. The van der Waals surface area contributed by atoms with Crippen molar-refractivity contribution in [2.75, 3.05) is 36.4 Å². The minimum absolute atomic E-state index is 0.0705. The first-order valence-corrected chi connectivity index (χ1v) is 12.9. The summed E-state index contributed by atoms with van der Waals surface area (Å²) in [6.07, 6.45) is 5.89. The van der Waals surface area contributed by atoms with E-state index in [-0.39, 0.29) is 16.7 Å². The van der Waals surface area contributed by atoms with E-state index in [1.54, 1.807) is 35.6 Å². The van der Waals surface area contributed by atoms with Crippen LogP contribution in [-0.4, -0.2) is 49.8 Å². The van der Waals surface area contributed by atoms with Crippen molar-refractivity contribution < 1.29 is 13.2 Å². The van der Waals surface area contributed by atoms with E-state index in [0.717, 1.165) is 38.2 Å². The van der Waals surface area contributed by atoms with Crippen LogP contribution in [0.15, 0.2) is 41.4 Å². The third-order valence-corrected chi connectivity index (χ3v) is 8.55. The van der Waals surface area contributed by atoms with Crippen molar-refractivity contribution >= 4 is 39.0 Å². The predicted molar refractivity (Wildman–Crippen MR) is 127 cm³/mol. The molecule has 1 aromatic heterocycles. The molecule has 0 unspecified atom stereocenters. The summed E-state index contributed by atoms with van der Waals surface area (Å²) >= 11 is 5.91. The maximum absolute atomic E-state index is 13.1. The first-order valence-electron chi connectivity index (χ1n) is 11.1. The van der Waals surface area contributed by atoms with Crippen molar-refractivity contribution in [2.45, 2.75) is 43.9 Å². The number of aromatic nitrogens is 1.